The number of piperazine rings is 1. The molecule has 0 bridgehead atoms. The number of benzene rings is 3. The van der Waals surface area contributed by atoms with Crippen molar-refractivity contribution >= 4 is 11.6 Å². The van der Waals surface area contributed by atoms with E-state index in [0.29, 0.717) is 37.7 Å². The van der Waals surface area contributed by atoms with E-state index >= 15 is 0 Å². The van der Waals surface area contributed by atoms with Gasteiger partial charge in [0.15, 0.2) is 0 Å². The predicted molar refractivity (Wildman–Crippen MR) is 132 cm³/mol. The highest BCUT2D eigenvalue weighted by atomic mass is 35.5. The van der Waals surface area contributed by atoms with Crippen molar-refractivity contribution in [1.82, 2.24) is 9.80 Å². The van der Waals surface area contributed by atoms with Crippen molar-refractivity contribution in [3.05, 3.63) is 113 Å². The maximum atomic E-state index is 13.5. The fourth-order valence-corrected chi connectivity index (χ4v) is 4.91. The van der Waals surface area contributed by atoms with Crippen LogP contribution < -0.4 is 0 Å². The van der Waals surface area contributed by atoms with Crippen molar-refractivity contribution < 1.29 is 26.3 Å². The summed E-state index contributed by atoms with van der Waals surface area (Å²) in [5.41, 5.74) is -1.93. The molecule has 1 unspecified atom stereocenters. The molecule has 0 N–H and O–H groups in total. The summed E-state index contributed by atoms with van der Waals surface area (Å²) in [5, 5.41) is 0.654. The fourth-order valence-electron chi connectivity index (χ4n) is 4.79. The largest absolute Gasteiger partial charge is 0.416 e. The molecule has 1 atom stereocenters. The van der Waals surface area contributed by atoms with Crippen molar-refractivity contribution in [2.75, 3.05) is 26.2 Å². The zero-order chi connectivity index (χ0) is 26.8. The smallest absolute Gasteiger partial charge is 0.297 e. The average molecular weight is 540 g/mol. The number of hydrogen-bond donors (Lipinski definition) is 0. The first-order chi connectivity index (χ1) is 17.3. The van der Waals surface area contributed by atoms with Crippen LogP contribution in [0.4, 0.5) is 26.3 Å². The molecule has 0 amide bonds. The van der Waals surface area contributed by atoms with Crippen LogP contribution in [0.1, 0.15) is 27.8 Å². The first-order valence-electron chi connectivity index (χ1n) is 11.8. The Morgan fingerprint density at radius 3 is 1.73 bits per heavy atom. The number of rotatable bonds is 6. The first kappa shape index (κ1) is 27.5. The standard InChI is InChI=1S/C28H26ClF6N2/c1-26(22-5-3-2-4-6-22,18-21-15-23(27(30,31)32)17-24(16-21)28(33,34)35)37-13-11-36(12-14-37)19-20-7-9-25(29)10-8-20/h2-10,15-17H,1,11-14,18-19H2. The van der Waals surface area contributed by atoms with Gasteiger partial charge in [0.1, 0.15) is 0 Å². The highest BCUT2D eigenvalue weighted by Crippen LogP contribution is 2.39. The van der Waals surface area contributed by atoms with Crippen LogP contribution >= 0.6 is 11.6 Å². The summed E-state index contributed by atoms with van der Waals surface area (Å²) in [4.78, 5) is 4.30. The van der Waals surface area contributed by atoms with E-state index in [-0.39, 0.29) is 18.1 Å². The summed E-state index contributed by atoms with van der Waals surface area (Å²) >= 11 is 5.97. The zero-order valence-electron chi connectivity index (χ0n) is 19.9. The third-order valence-corrected chi connectivity index (χ3v) is 7.00. The normalized spacial score (nSPS) is 17.5. The highest BCUT2D eigenvalue weighted by molar-refractivity contribution is 6.30. The molecular formula is C28H26ClF6N2. The van der Waals surface area contributed by atoms with Crippen LogP contribution in [0.3, 0.4) is 0 Å². The lowest BCUT2D eigenvalue weighted by Gasteiger charge is -2.46. The summed E-state index contributed by atoms with van der Waals surface area (Å²) in [6.45, 7) is 7.55. The summed E-state index contributed by atoms with van der Waals surface area (Å²) in [7, 11) is 0. The van der Waals surface area contributed by atoms with Gasteiger partial charge in [-0.3, -0.25) is 9.80 Å². The van der Waals surface area contributed by atoms with Gasteiger partial charge >= 0.3 is 12.4 Å². The Morgan fingerprint density at radius 1 is 0.676 bits per heavy atom. The first-order valence-corrected chi connectivity index (χ1v) is 12.1. The van der Waals surface area contributed by atoms with Crippen molar-refractivity contribution in [3.8, 4) is 0 Å². The summed E-state index contributed by atoms with van der Waals surface area (Å²) < 4.78 is 80.9. The molecule has 1 radical (unpaired) electrons. The third-order valence-electron chi connectivity index (χ3n) is 6.75. The lowest BCUT2D eigenvalue weighted by molar-refractivity contribution is -0.143. The Labute approximate surface area is 217 Å². The van der Waals surface area contributed by atoms with Gasteiger partial charge in [0, 0.05) is 37.7 Å². The zero-order valence-corrected chi connectivity index (χ0v) is 20.7. The predicted octanol–water partition coefficient (Wildman–Crippen LogP) is 7.47. The summed E-state index contributed by atoms with van der Waals surface area (Å²) in [6.07, 6.45) is -9.92. The van der Waals surface area contributed by atoms with Crippen LogP contribution in [-0.2, 0) is 30.9 Å². The van der Waals surface area contributed by atoms with E-state index in [2.05, 4.69) is 11.8 Å². The third kappa shape index (κ3) is 6.67. The minimum absolute atomic E-state index is 0.0652. The molecule has 1 heterocycles. The van der Waals surface area contributed by atoms with E-state index in [1.165, 1.54) is 0 Å². The number of nitrogens with zero attached hydrogens (tertiary/aromatic N) is 2. The van der Waals surface area contributed by atoms with Gasteiger partial charge in [0.05, 0.1) is 16.7 Å². The van der Waals surface area contributed by atoms with Crippen molar-refractivity contribution in [3.63, 3.8) is 0 Å². The van der Waals surface area contributed by atoms with Crippen LogP contribution in [0.25, 0.3) is 0 Å². The Kier molecular flexibility index (Phi) is 7.93. The number of halogens is 7. The average Bonchev–Trinajstić information content (AvgIpc) is 2.85. The molecule has 197 valence electrons. The quantitative estimate of drug-likeness (QED) is 0.300. The molecular weight excluding hydrogens is 514 g/mol. The number of alkyl halides is 6. The minimum Gasteiger partial charge on any atom is -0.297 e. The van der Waals surface area contributed by atoms with Crippen LogP contribution in [0.15, 0.2) is 72.8 Å². The maximum absolute atomic E-state index is 13.5. The molecule has 3 aromatic rings. The molecule has 37 heavy (non-hydrogen) atoms. The van der Waals surface area contributed by atoms with Gasteiger partial charge < -0.3 is 0 Å². The van der Waals surface area contributed by atoms with Gasteiger partial charge in [-0.1, -0.05) is 54.1 Å². The maximum Gasteiger partial charge on any atom is 0.416 e. The van der Waals surface area contributed by atoms with E-state index in [0.717, 1.165) is 23.3 Å². The summed E-state index contributed by atoms with van der Waals surface area (Å²) in [6, 6.07) is 18.3. The lowest BCUT2D eigenvalue weighted by atomic mass is 9.82. The Morgan fingerprint density at radius 2 is 1.22 bits per heavy atom. The van der Waals surface area contributed by atoms with Crippen LogP contribution in [-0.4, -0.2) is 36.0 Å². The van der Waals surface area contributed by atoms with Gasteiger partial charge in [0.25, 0.3) is 0 Å². The molecule has 1 aliphatic heterocycles. The molecule has 0 saturated carbocycles. The van der Waals surface area contributed by atoms with E-state index in [1.807, 2.05) is 41.3 Å². The summed E-state index contributed by atoms with van der Waals surface area (Å²) in [5.74, 6) is 0. The van der Waals surface area contributed by atoms with E-state index in [9.17, 15) is 26.3 Å². The van der Waals surface area contributed by atoms with Gasteiger partial charge in [-0.2, -0.15) is 26.3 Å². The van der Waals surface area contributed by atoms with Crippen molar-refractivity contribution in [1.29, 1.82) is 0 Å². The van der Waals surface area contributed by atoms with E-state index in [1.54, 1.807) is 18.2 Å². The fraction of sp³-hybridized carbons (Fsp3) is 0.321. The van der Waals surface area contributed by atoms with Crippen molar-refractivity contribution in [2.45, 2.75) is 30.9 Å². The van der Waals surface area contributed by atoms with Gasteiger partial charge in [-0.05, 0) is 60.4 Å². The second kappa shape index (κ2) is 10.7. The molecule has 3 aromatic carbocycles. The molecule has 0 spiro atoms. The highest BCUT2D eigenvalue weighted by Gasteiger charge is 2.40. The lowest BCUT2D eigenvalue weighted by Crippen LogP contribution is -2.55. The molecule has 9 heteroatoms. The second-order valence-electron chi connectivity index (χ2n) is 9.38. The van der Waals surface area contributed by atoms with Crippen molar-refractivity contribution in [2.24, 2.45) is 0 Å². The van der Waals surface area contributed by atoms with Gasteiger partial charge in [-0.15, -0.1) is 0 Å². The SMILES string of the molecule is [CH2]C(Cc1cc(C(F)(F)F)cc(C(F)(F)F)c1)(c1ccccc1)N1CCN(Cc2ccc(Cl)cc2)CC1. The number of hydrogen-bond acceptors (Lipinski definition) is 2. The topological polar surface area (TPSA) is 6.48 Å². The molecule has 0 aliphatic carbocycles. The van der Waals surface area contributed by atoms with E-state index in [4.69, 9.17) is 11.6 Å². The van der Waals surface area contributed by atoms with Gasteiger partial charge in [-0.25, -0.2) is 0 Å². The molecule has 0 aromatic heterocycles. The molecule has 4 rings (SSSR count). The Balaban J connectivity index is 1.61. The Bertz CT molecular complexity index is 1150. The van der Waals surface area contributed by atoms with Gasteiger partial charge in [0.2, 0.25) is 0 Å². The second-order valence-corrected chi connectivity index (χ2v) is 9.81. The van der Waals surface area contributed by atoms with Crippen LogP contribution in [0.2, 0.25) is 5.02 Å². The molecule has 1 aliphatic rings. The van der Waals surface area contributed by atoms with Crippen LogP contribution in [0, 0.1) is 6.92 Å². The van der Waals surface area contributed by atoms with Crippen LogP contribution in [0.5, 0.6) is 0 Å². The van der Waals surface area contributed by atoms with E-state index < -0.39 is 29.0 Å². The monoisotopic (exact) mass is 539 g/mol. The molecule has 2 nitrogen and oxygen atoms in total. The molecule has 1 fully saturated rings. The molecule has 1 saturated heterocycles. The minimum atomic E-state index is -4.90. The Hall–Kier alpha value is -2.55.